The molecule has 0 aliphatic rings. The van der Waals surface area contributed by atoms with Crippen LogP contribution in [0.15, 0.2) is 364 Å². The van der Waals surface area contributed by atoms with Crippen molar-refractivity contribution in [3.63, 3.8) is 0 Å². The van der Waals surface area contributed by atoms with Gasteiger partial charge in [0, 0.05) is 11.9 Å². The molecule has 0 N–H and O–H groups in total. The zero-order chi connectivity index (χ0) is 67.3. The maximum Gasteiger partial charge on any atom is 2.00 e. The van der Waals surface area contributed by atoms with E-state index in [9.17, 15) is 19.8 Å². The molecule has 97 heavy (non-hydrogen) atoms. The molecule has 496 valence electrons. The van der Waals surface area contributed by atoms with Gasteiger partial charge in [-0.3, -0.25) is 0 Å². The van der Waals surface area contributed by atoms with Gasteiger partial charge in [0.25, 0.3) is 0 Å². The normalized spacial score (nSPS) is 10.3. The fraction of sp³-hybridized carbons (Fsp3) is 0.159. The Morgan fingerprint density at radius 1 is 0.206 bits per heavy atom. The van der Waals surface area contributed by atoms with Gasteiger partial charge in [-0.15, -0.1) is 0 Å². The summed E-state index contributed by atoms with van der Waals surface area (Å²) in [7, 11) is -1.78. The summed E-state index contributed by atoms with van der Waals surface area (Å²) < 4.78 is 0. The monoisotopic (exact) mass is 1390 g/mol. The molecule has 0 radical (unpaired) electrons. The predicted molar refractivity (Wildman–Crippen MR) is 417 cm³/mol. The summed E-state index contributed by atoms with van der Waals surface area (Å²) in [5.41, 5.74) is 0. The smallest absolute Gasteiger partial charge is 0.550 e. The van der Waals surface area contributed by atoms with E-state index in [0.717, 1.165) is 38.5 Å². The van der Waals surface area contributed by atoms with Crippen molar-refractivity contribution in [1.82, 2.24) is 0 Å². The van der Waals surface area contributed by atoms with Crippen LogP contribution in [0.5, 0.6) is 0 Å². The van der Waals surface area contributed by atoms with Crippen molar-refractivity contribution in [3.05, 3.63) is 364 Å². The van der Waals surface area contributed by atoms with Gasteiger partial charge < -0.3 is 19.8 Å². The number of carboxylic acid groups (broad SMARTS) is 2. The molecule has 12 rings (SSSR count). The molecule has 0 atom stereocenters. The zero-order valence-corrected chi connectivity index (χ0v) is 60.4. The Morgan fingerprint density at radius 3 is 0.423 bits per heavy atom. The van der Waals surface area contributed by atoms with Crippen LogP contribution in [0.25, 0.3) is 0 Å². The topological polar surface area (TPSA) is 80.3 Å². The van der Waals surface area contributed by atoms with E-state index in [2.05, 4.69) is 378 Å². The minimum atomic E-state index is -0.920. The maximum atomic E-state index is 9.92. The largest absolute Gasteiger partial charge is 2.00 e. The number of benzene rings is 12. The molecular weight excluding hydrogens is 1300 g/mol. The molecule has 0 unspecified atom stereocenters. The van der Waals surface area contributed by atoms with E-state index >= 15 is 0 Å². The van der Waals surface area contributed by atoms with E-state index in [-0.39, 0.29) is 29.3 Å². The Bertz CT molecular complexity index is 3020. The van der Waals surface area contributed by atoms with Crippen molar-refractivity contribution in [1.29, 1.82) is 0 Å². The first kappa shape index (κ1) is 77.8. The number of carboxylic acids is 2. The average molecular weight is 1390 g/mol. The van der Waals surface area contributed by atoms with Crippen molar-refractivity contribution < 1.29 is 36.3 Å². The second-order valence-corrected chi connectivity index (χ2v) is 31.3. The minimum absolute atomic E-state index is 0. The quantitative estimate of drug-likeness (QED) is 0.0343. The third kappa shape index (κ3) is 28.8. The predicted octanol–water partition coefficient (Wildman–Crippen LogP) is 16.0. The second kappa shape index (κ2) is 47.7. The molecule has 0 aliphatic heterocycles. The number of hydrogen-bond donors (Lipinski definition) is 0. The van der Waals surface area contributed by atoms with Crippen LogP contribution in [0, 0.1) is 0 Å². The van der Waals surface area contributed by atoms with Crippen LogP contribution < -0.4 is 73.9 Å². The molecule has 0 fully saturated rings. The second-order valence-electron chi connectivity index (χ2n) is 22.4. The molecule has 4 nitrogen and oxygen atoms in total. The molecule has 0 spiro atoms. The number of carbonyl (C=O) groups excluding carboxylic acids is 2. The molecule has 0 heterocycles. The summed E-state index contributed by atoms with van der Waals surface area (Å²) >= 11 is 0. The molecule has 0 saturated heterocycles. The molecule has 0 amide bonds. The zero-order valence-electron chi connectivity index (χ0n) is 55.9. The van der Waals surface area contributed by atoms with Crippen molar-refractivity contribution in [2.24, 2.45) is 0 Å². The molecule has 0 saturated carbocycles. The van der Waals surface area contributed by atoms with Crippen molar-refractivity contribution in [2.75, 3.05) is 0 Å². The summed E-state index contributed by atoms with van der Waals surface area (Å²) in [6, 6.07) is 129. The molecular formula is C88H90NiO4P4. The van der Waals surface area contributed by atoms with Gasteiger partial charge in [-0.2, -0.15) is 0 Å². The third-order valence-electron chi connectivity index (χ3n) is 15.1. The first-order chi connectivity index (χ1) is 47.3. The number of unbranched alkanes of at least 4 members (excludes halogenated alkanes) is 8. The SMILES string of the molecule is CCCCCCCC(=O)[O-].CCCCCCCC(=O)[O-].[Ni+2].c1ccc(P(c2ccccc2)c2ccccc2)cc1.c1ccc(P(c2ccccc2)c2ccccc2)cc1.c1ccc(P(c2ccccc2)c2ccccc2)cc1.c1ccc(P(c2ccccc2)c2ccccc2)cc1. The standard InChI is InChI=1S/4C18H15P.2C8H16O2.Ni/c4*1-4-10-16(11-5-1)19(17-12-6-2-7-13-17)18-14-8-3-9-15-18;2*1-2-3-4-5-6-7-8(9)10;/h4*1-15H;2*2-7H2,1H3,(H,9,10);/q;;;;;;+2/p-2. The van der Waals surface area contributed by atoms with E-state index in [1.807, 2.05) is 0 Å². The van der Waals surface area contributed by atoms with Crippen LogP contribution in [-0.2, 0) is 26.1 Å². The molecule has 9 heteroatoms. The van der Waals surface area contributed by atoms with Crippen molar-refractivity contribution in [3.8, 4) is 0 Å². The van der Waals surface area contributed by atoms with Gasteiger partial charge in [0.1, 0.15) is 0 Å². The summed E-state index contributed by atoms with van der Waals surface area (Å²) in [5, 5.41) is 36.6. The summed E-state index contributed by atoms with van der Waals surface area (Å²) in [5.74, 6) is -1.84. The van der Waals surface area contributed by atoms with Gasteiger partial charge >= 0.3 is 16.5 Å². The Morgan fingerprint density at radius 2 is 0.320 bits per heavy atom. The Hall–Kier alpha value is -8.21. The van der Waals surface area contributed by atoms with Crippen LogP contribution >= 0.6 is 31.7 Å². The summed E-state index contributed by atoms with van der Waals surface area (Å²) in [6.45, 7) is 4.28. The van der Waals surface area contributed by atoms with Gasteiger partial charge in [-0.05, 0) is 121 Å². The third-order valence-corrected chi connectivity index (χ3v) is 24.9. The van der Waals surface area contributed by atoms with Gasteiger partial charge in [0.2, 0.25) is 0 Å². The Kier molecular flexibility index (Phi) is 38.2. The van der Waals surface area contributed by atoms with Gasteiger partial charge in [0.15, 0.2) is 0 Å². The van der Waals surface area contributed by atoms with Crippen LogP contribution in [0.3, 0.4) is 0 Å². The minimum Gasteiger partial charge on any atom is -0.550 e. The fourth-order valence-corrected chi connectivity index (χ4v) is 19.7. The number of aliphatic carboxylic acids is 2. The van der Waals surface area contributed by atoms with Crippen LogP contribution in [0.2, 0.25) is 0 Å². The first-order valence-corrected chi connectivity index (χ1v) is 38.9. The number of hydrogen-bond acceptors (Lipinski definition) is 4. The number of carbonyl (C=O) groups is 2. The molecule has 12 aromatic rings. The van der Waals surface area contributed by atoms with E-state index in [1.165, 1.54) is 89.3 Å². The average Bonchev–Trinajstić information content (AvgIpc) is 0.884. The number of rotatable bonds is 24. The molecule has 0 aromatic heterocycles. The van der Waals surface area contributed by atoms with Gasteiger partial charge in [0.05, 0.1) is 0 Å². The molecule has 0 aliphatic carbocycles. The van der Waals surface area contributed by atoms with Crippen LogP contribution in [0.4, 0.5) is 0 Å². The summed E-state index contributed by atoms with van der Waals surface area (Å²) in [4.78, 5) is 19.8. The van der Waals surface area contributed by atoms with Crippen molar-refractivity contribution >= 4 is 107 Å². The Balaban J connectivity index is 0.000000187. The van der Waals surface area contributed by atoms with Crippen LogP contribution in [-0.4, -0.2) is 11.9 Å². The van der Waals surface area contributed by atoms with E-state index < -0.39 is 43.6 Å². The van der Waals surface area contributed by atoms with Gasteiger partial charge in [-0.1, -0.05) is 429 Å². The van der Waals surface area contributed by atoms with Gasteiger partial charge in [-0.25, -0.2) is 0 Å². The van der Waals surface area contributed by atoms with Crippen molar-refractivity contribution in [2.45, 2.75) is 90.9 Å². The van der Waals surface area contributed by atoms with E-state index in [4.69, 9.17) is 0 Å². The van der Waals surface area contributed by atoms with E-state index in [0.29, 0.717) is 0 Å². The molecule has 12 aromatic carbocycles. The maximum absolute atomic E-state index is 9.92. The Labute approximate surface area is 594 Å². The summed E-state index contributed by atoms with van der Waals surface area (Å²) in [6.07, 6.45) is 11.2. The first-order valence-electron chi connectivity index (χ1n) is 33.5. The fourth-order valence-electron chi connectivity index (χ4n) is 10.5. The van der Waals surface area contributed by atoms with Crippen LogP contribution in [0.1, 0.15) is 90.9 Å². The molecule has 0 bridgehead atoms. The van der Waals surface area contributed by atoms with E-state index in [1.54, 1.807) is 0 Å².